The summed E-state index contributed by atoms with van der Waals surface area (Å²) < 4.78 is 29.3. The predicted octanol–water partition coefficient (Wildman–Crippen LogP) is 3.92. The average Bonchev–Trinajstić information content (AvgIpc) is 2.74. The van der Waals surface area contributed by atoms with Gasteiger partial charge in [0.1, 0.15) is 13.2 Å². The van der Waals surface area contributed by atoms with Crippen molar-refractivity contribution >= 4 is 21.6 Å². The van der Waals surface area contributed by atoms with Gasteiger partial charge in [-0.05, 0) is 48.4 Å². The second kappa shape index (κ2) is 12.7. The zero-order chi connectivity index (χ0) is 20.2. The van der Waals surface area contributed by atoms with Gasteiger partial charge in [-0.2, -0.15) is 0 Å². The standard InChI is InChI=1S/C22H28BrNO5/c23-19-2-4-20(5-3-19)24-8-7-18-1-6-21-22(17-18)29-16-14-27-12-10-25-9-11-26-13-15-28-21/h1-6,17,24H,7-16H2. The summed E-state index contributed by atoms with van der Waals surface area (Å²) in [6.45, 7) is 5.02. The summed E-state index contributed by atoms with van der Waals surface area (Å²) in [4.78, 5) is 0. The van der Waals surface area contributed by atoms with Crippen molar-refractivity contribution in [2.45, 2.75) is 6.42 Å². The Morgan fingerprint density at radius 3 is 1.93 bits per heavy atom. The molecule has 7 heteroatoms. The minimum Gasteiger partial charge on any atom is -0.487 e. The molecule has 158 valence electrons. The van der Waals surface area contributed by atoms with Crippen LogP contribution >= 0.6 is 15.9 Å². The molecule has 1 heterocycles. The van der Waals surface area contributed by atoms with Gasteiger partial charge < -0.3 is 29.0 Å². The highest BCUT2D eigenvalue weighted by molar-refractivity contribution is 9.10. The van der Waals surface area contributed by atoms with E-state index in [0.717, 1.165) is 34.6 Å². The molecular weight excluding hydrogens is 438 g/mol. The van der Waals surface area contributed by atoms with Crippen LogP contribution in [0.4, 0.5) is 5.69 Å². The summed E-state index contributed by atoms with van der Waals surface area (Å²) >= 11 is 3.45. The molecule has 1 N–H and O–H groups in total. The van der Waals surface area contributed by atoms with Crippen LogP contribution in [0.15, 0.2) is 46.9 Å². The van der Waals surface area contributed by atoms with E-state index in [2.05, 4.69) is 39.4 Å². The van der Waals surface area contributed by atoms with Crippen LogP contribution in [0, 0.1) is 0 Å². The van der Waals surface area contributed by atoms with Crippen LogP contribution < -0.4 is 14.8 Å². The van der Waals surface area contributed by atoms with Crippen molar-refractivity contribution < 1.29 is 23.7 Å². The van der Waals surface area contributed by atoms with Gasteiger partial charge in [-0.25, -0.2) is 0 Å². The molecule has 0 aromatic heterocycles. The quantitative estimate of drug-likeness (QED) is 0.737. The van der Waals surface area contributed by atoms with Gasteiger partial charge in [0.15, 0.2) is 11.5 Å². The van der Waals surface area contributed by atoms with Gasteiger partial charge in [0, 0.05) is 16.7 Å². The van der Waals surface area contributed by atoms with E-state index in [-0.39, 0.29) is 0 Å². The second-order valence-electron chi connectivity index (χ2n) is 6.50. The van der Waals surface area contributed by atoms with E-state index in [9.17, 15) is 0 Å². The number of hydrogen-bond acceptors (Lipinski definition) is 6. The summed E-state index contributed by atoms with van der Waals surface area (Å²) in [5.74, 6) is 1.46. The van der Waals surface area contributed by atoms with Crippen LogP contribution in [-0.2, 0) is 20.6 Å². The van der Waals surface area contributed by atoms with Crippen molar-refractivity contribution in [3.63, 3.8) is 0 Å². The molecule has 0 atom stereocenters. The summed E-state index contributed by atoms with van der Waals surface area (Å²) in [5.41, 5.74) is 2.28. The van der Waals surface area contributed by atoms with Gasteiger partial charge in [-0.15, -0.1) is 0 Å². The Balaban J connectivity index is 1.55. The average molecular weight is 466 g/mol. The van der Waals surface area contributed by atoms with Crippen LogP contribution in [0.5, 0.6) is 11.5 Å². The van der Waals surface area contributed by atoms with E-state index in [1.165, 1.54) is 5.56 Å². The minimum atomic E-state index is 0.466. The smallest absolute Gasteiger partial charge is 0.161 e. The zero-order valence-corrected chi connectivity index (χ0v) is 18.1. The Kier molecular flexibility index (Phi) is 9.59. The van der Waals surface area contributed by atoms with Crippen molar-refractivity contribution in [2.24, 2.45) is 0 Å². The molecule has 3 rings (SSSR count). The van der Waals surface area contributed by atoms with Gasteiger partial charge in [0.25, 0.3) is 0 Å². The van der Waals surface area contributed by atoms with Gasteiger partial charge in [-0.1, -0.05) is 22.0 Å². The van der Waals surface area contributed by atoms with Crippen LogP contribution in [0.25, 0.3) is 0 Å². The molecule has 0 saturated carbocycles. The fourth-order valence-corrected chi connectivity index (χ4v) is 3.09. The molecule has 0 fully saturated rings. The van der Waals surface area contributed by atoms with E-state index < -0.39 is 0 Å². The van der Waals surface area contributed by atoms with Crippen molar-refractivity contribution in [1.82, 2.24) is 0 Å². The topological polar surface area (TPSA) is 58.2 Å². The maximum Gasteiger partial charge on any atom is 0.161 e. The van der Waals surface area contributed by atoms with Gasteiger partial charge in [0.2, 0.25) is 0 Å². The van der Waals surface area contributed by atoms with Crippen molar-refractivity contribution in [2.75, 3.05) is 64.7 Å². The Morgan fingerprint density at radius 1 is 0.690 bits per heavy atom. The second-order valence-corrected chi connectivity index (χ2v) is 7.41. The van der Waals surface area contributed by atoms with E-state index in [1.807, 2.05) is 24.3 Å². The Hall–Kier alpha value is -1.80. The lowest BCUT2D eigenvalue weighted by atomic mass is 10.1. The monoisotopic (exact) mass is 465 g/mol. The largest absolute Gasteiger partial charge is 0.487 e. The van der Waals surface area contributed by atoms with Crippen molar-refractivity contribution in [3.8, 4) is 11.5 Å². The van der Waals surface area contributed by atoms with Crippen LogP contribution in [0.1, 0.15) is 5.56 Å². The molecule has 0 saturated heterocycles. The number of benzene rings is 2. The highest BCUT2D eigenvalue weighted by atomic mass is 79.9. The molecule has 1 aliphatic heterocycles. The molecule has 0 unspecified atom stereocenters. The van der Waals surface area contributed by atoms with Crippen molar-refractivity contribution in [1.29, 1.82) is 0 Å². The van der Waals surface area contributed by atoms with E-state index in [0.29, 0.717) is 52.9 Å². The fourth-order valence-electron chi connectivity index (χ4n) is 2.82. The first-order valence-electron chi connectivity index (χ1n) is 9.92. The summed E-state index contributed by atoms with van der Waals surface area (Å²) in [5, 5.41) is 3.43. The third kappa shape index (κ3) is 8.22. The lowest BCUT2D eigenvalue weighted by molar-refractivity contribution is 0.00708. The van der Waals surface area contributed by atoms with Crippen molar-refractivity contribution in [3.05, 3.63) is 52.5 Å². The molecule has 2 aromatic rings. The third-order valence-electron chi connectivity index (χ3n) is 4.31. The van der Waals surface area contributed by atoms with E-state index in [1.54, 1.807) is 0 Å². The Bertz CT molecular complexity index is 726. The third-order valence-corrected chi connectivity index (χ3v) is 4.84. The number of hydrogen-bond donors (Lipinski definition) is 1. The number of anilines is 1. The molecular formula is C22H28BrNO5. The molecule has 0 aliphatic carbocycles. The lowest BCUT2D eigenvalue weighted by Crippen LogP contribution is -2.13. The zero-order valence-electron chi connectivity index (χ0n) is 16.5. The fraction of sp³-hybridized carbons (Fsp3) is 0.455. The summed E-state index contributed by atoms with van der Waals surface area (Å²) in [7, 11) is 0. The molecule has 0 amide bonds. The van der Waals surface area contributed by atoms with Gasteiger partial charge >= 0.3 is 0 Å². The van der Waals surface area contributed by atoms with E-state index >= 15 is 0 Å². The molecule has 0 spiro atoms. The maximum absolute atomic E-state index is 5.92. The molecule has 1 aliphatic rings. The summed E-state index contributed by atoms with van der Waals surface area (Å²) in [6, 6.07) is 14.2. The molecule has 2 aromatic carbocycles. The number of ether oxygens (including phenoxy) is 5. The molecule has 29 heavy (non-hydrogen) atoms. The molecule has 0 radical (unpaired) electrons. The highest BCUT2D eigenvalue weighted by Crippen LogP contribution is 2.29. The van der Waals surface area contributed by atoms with Gasteiger partial charge in [0.05, 0.1) is 39.6 Å². The van der Waals surface area contributed by atoms with E-state index in [4.69, 9.17) is 23.7 Å². The number of nitrogens with one attached hydrogen (secondary N) is 1. The normalized spacial score (nSPS) is 16.4. The van der Waals surface area contributed by atoms with Gasteiger partial charge in [-0.3, -0.25) is 0 Å². The van der Waals surface area contributed by atoms with Crippen LogP contribution in [-0.4, -0.2) is 59.4 Å². The Morgan fingerprint density at radius 2 is 1.28 bits per heavy atom. The lowest BCUT2D eigenvalue weighted by Gasteiger charge is -2.15. The van der Waals surface area contributed by atoms with Crippen LogP contribution in [0.2, 0.25) is 0 Å². The Labute approximate surface area is 180 Å². The highest BCUT2D eigenvalue weighted by Gasteiger charge is 2.08. The molecule has 6 nitrogen and oxygen atoms in total. The maximum atomic E-state index is 5.92. The predicted molar refractivity (Wildman–Crippen MR) is 116 cm³/mol. The first kappa shape index (κ1) is 21.9. The number of halogens is 1. The first-order valence-corrected chi connectivity index (χ1v) is 10.7. The minimum absolute atomic E-state index is 0.466. The van der Waals surface area contributed by atoms with Crippen LogP contribution in [0.3, 0.4) is 0 Å². The number of fused-ring (bicyclic) bond motifs is 1. The molecule has 0 bridgehead atoms. The summed E-state index contributed by atoms with van der Waals surface area (Å²) in [6.07, 6.45) is 0.879. The SMILES string of the molecule is Brc1ccc(NCCc2ccc3c(c2)OCCOCCOCCOCCO3)cc1. The first-order chi connectivity index (χ1) is 14.3. The number of rotatable bonds is 4.